The highest BCUT2D eigenvalue weighted by atomic mass is 14.6. The third-order valence-electron chi connectivity index (χ3n) is 2.24. The van der Waals surface area contributed by atoms with Crippen LogP contribution in [-0.2, 0) is 0 Å². The summed E-state index contributed by atoms with van der Waals surface area (Å²) in [6.07, 6.45) is 12.7. The smallest absolute Gasteiger partial charge is 0.0359 e. The van der Waals surface area contributed by atoms with Crippen LogP contribution in [0.1, 0.15) is 6.92 Å². The summed E-state index contributed by atoms with van der Waals surface area (Å²) >= 11 is 0. The summed E-state index contributed by atoms with van der Waals surface area (Å²) in [5, 5.41) is 0. The van der Waals surface area contributed by atoms with Crippen LogP contribution < -0.4 is 5.73 Å². The molecule has 0 rings (SSSR count). The molecule has 0 bridgehead atoms. The number of rotatable bonds is 7. The molecule has 0 amide bonds. The minimum absolute atomic E-state index is 0.220. The highest BCUT2D eigenvalue weighted by Gasteiger charge is 2.04. The third-order valence-corrected chi connectivity index (χ3v) is 2.24. The molecule has 17 heavy (non-hydrogen) atoms. The first-order valence-corrected chi connectivity index (χ1v) is 5.49. The first kappa shape index (κ1) is 15.0. The molecule has 0 aliphatic heterocycles. The van der Waals surface area contributed by atoms with Gasteiger partial charge in [0.05, 0.1) is 0 Å². The predicted octanol–water partition coefficient (Wildman–Crippen LogP) is 4.06. The van der Waals surface area contributed by atoms with Gasteiger partial charge in [-0.25, -0.2) is 0 Å². The van der Waals surface area contributed by atoms with Crippen molar-refractivity contribution in [2.45, 2.75) is 6.92 Å². The lowest BCUT2D eigenvalue weighted by Gasteiger charge is -2.10. The quantitative estimate of drug-likeness (QED) is 0.515. The van der Waals surface area contributed by atoms with Gasteiger partial charge in [-0.3, -0.25) is 0 Å². The summed E-state index contributed by atoms with van der Waals surface area (Å²) < 4.78 is 0. The highest BCUT2D eigenvalue weighted by Crippen LogP contribution is 2.19. The molecule has 0 aliphatic carbocycles. The Kier molecular flexibility index (Phi) is 7.20. The van der Waals surface area contributed by atoms with Crippen molar-refractivity contribution in [2.24, 2.45) is 11.7 Å². The van der Waals surface area contributed by atoms with E-state index in [1.165, 1.54) is 0 Å². The van der Waals surface area contributed by atoms with Gasteiger partial charge < -0.3 is 5.73 Å². The molecule has 1 nitrogen and oxygen atoms in total. The van der Waals surface area contributed by atoms with Gasteiger partial charge in [0, 0.05) is 11.3 Å². The topological polar surface area (TPSA) is 26.0 Å². The molecule has 0 saturated carbocycles. The van der Waals surface area contributed by atoms with Crippen LogP contribution in [0.15, 0.2) is 85.7 Å². The van der Waals surface area contributed by atoms with Gasteiger partial charge in [-0.15, -0.1) is 6.58 Å². The molecule has 0 aromatic heterocycles. The van der Waals surface area contributed by atoms with Gasteiger partial charge in [0.1, 0.15) is 0 Å². The van der Waals surface area contributed by atoms with E-state index in [9.17, 15) is 0 Å². The van der Waals surface area contributed by atoms with Crippen molar-refractivity contribution < 1.29 is 0 Å². The molecule has 0 aromatic rings. The van der Waals surface area contributed by atoms with Crippen molar-refractivity contribution in [2.75, 3.05) is 0 Å². The number of hydrogen-bond acceptors (Lipinski definition) is 1. The Labute approximate surface area is 105 Å². The molecule has 90 valence electrons. The van der Waals surface area contributed by atoms with E-state index >= 15 is 0 Å². The first-order chi connectivity index (χ1) is 8.10. The molecule has 1 atom stereocenters. The van der Waals surface area contributed by atoms with Crippen LogP contribution in [0, 0.1) is 5.92 Å². The summed E-state index contributed by atoms with van der Waals surface area (Å²) in [5.74, 6) is 0.220. The molecule has 0 fully saturated rings. The average molecular weight is 227 g/mol. The van der Waals surface area contributed by atoms with Crippen LogP contribution in [0.3, 0.4) is 0 Å². The summed E-state index contributed by atoms with van der Waals surface area (Å²) in [4.78, 5) is 0. The normalized spacial score (nSPS) is 15.0. The van der Waals surface area contributed by atoms with Crippen molar-refractivity contribution in [3.05, 3.63) is 85.7 Å². The Hall–Kier alpha value is -2.02. The average Bonchev–Trinajstić information content (AvgIpc) is 2.33. The zero-order valence-corrected chi connectivity index (χ0v) is 10.5. The van der Waals surface area contributed by atoms with E-state index in [0.717, 1.165) is 11.1 Å². The summed E-state index contributed by atoms with van der Waals surface area (Å²) in [6, 6.07) is 0. The highest BCUT2D eigenvalue weighted by molar-refractivity contribution is 5.52. The minimum atomic E-state index is 0.220. The maximum Gasteiger partial charge on any atom is 0.0359 e. The third kappa shape index (κ3) is 5.03. The van der Waals surface area contributed by atoms with Crippen molar-refractivity contribution in [3.63, 3.8) is 0 Å². The largest absolute Gasteiger partial charge is 0.398 e. The van der Waals surface area contributed by atoms with Gasteiger partial charge in [0.15, 0.2) is 0 Å². The van der Waals surface area contributed by atoms with E-state index in [1.54, 1.807) is 18.2 Å². The van der Waals surface area contributed by atoms with Crippen LogP contribution in [0.5, 0.6) is 0 Å². The molecule has 2 N–H and O–H groups in total. The molecule has 0 aliphatic rings. The van der Waals surface area contributed by atoms with Crippen LogP contribution >= 0.6 is 0 Å². The lowest BCUT2D eigenvalue weighted by Crippen LogP contribution is -2.05. The Morgan fingerprint density at radius 1 is 1.06 bits per heavy atom. The van der Waals surface area contributed by atoms with Crippen LogP contribution in [0.25, 0.3) is 0 Å². The lowest BCUT2D eigenvalue weighted by atomic mass is 9.99. The van der Waals surface area contributed by atoms with Crippen molar-refractivity contribution in [1.29, 1.82) is 0 Å². The van der Waals surface area contributed by atoms with E-state index < -0.39 is 0 Å². The zero-order valence-electron chi connectivity index (χ0n) is 10.5. The second kappa shape index (κ2) is 8.17. The molecule has 1 heteroatoms. The maximum absolute atomic E-state index is 6.06. The standard InChI is InChI=1S/C16H21N/c1-6-10-14(9-4)15(11-7-2)16(17)12-13(5)8-3/h6-13H,1-4,17H2,5H3/b14-10-,15-11+,16-12+. The van der Waals surface area contributed by atoms with E-state index in [4.69, 9.17) is 5.73 Å². The molecular formula is C16H21N. The molecule has 0 saturated heterocycles. The van der Waals surface area contributed by atoms with E-state index in [-0.39, 0.29) is 5.92 Å². The van der Waals surface area contributed by atoms with Crippen molar-refractivity contribution >= 4 is 0 Å². The molecule has 0 spiro atoms. The van der Waals surface area contributed by atoms with Crippen LogP contribution in [-0.4, -0.2) is 0 Å². The second-order valence-corrected chi connectivity index (χ2v) is 3.59. The summed E-state index contributed by atoms with van der Waals surface area (Å²) in [5.41, 5.74) is 8.56. The second-order valence-electron chi connectivity index (χ2n) is 3.59. The lowest BCUT2D eigenvalue weighted by molar-refractivity contribution is 0.927. The van der Waals surface area contributed by atoms with Crippen LogP contribution in [0.4, 0.5) is 0 Å². The molecule has 1 unspecified atom stereocenters. The van der Waals surface area contributed by atoms with Crippen molar-refractivity contribution in [1.82, 2.24) is 0 Å². The Morgan fingerprint density at radius 2 is 1.65 bits per heavy atom. The maximum atomic E-state index is 6.06. The van der Waals surface area contributed by atoms with Crippen LogP contribution in [0.2, 0.25) is 0 Å². The van der Waals surface area contributed by atoms with Gasteiger partial charge in [-0.1, -0.05) is 69.2 Å². The van der Waals surface area contributed by atoms with Gasteiger partial charge in [-0.05, 0) is 11.5 Å². The minimum Gasteiger partial charge on any atom is -0.398 e. The molecule has 0 radical (unpaired) electrons. The van der Waals surface area contributed by atoms with E-state index in [0.29, 0.717) is 5.70 Å². The van der Waals surface area contributed by atoms with E-state index in [1.807, 2.05) is 31.2 Å². The number of nitrogens with two attached hydrogens (primary N) is 1. The number of hydrogen-bond donors (Lipinski definition) is 1. The Bertz CT molecular complexity index is 392. The fraction of sp³-hybridized carbons (Fsp3) is 0.125. The monoisotopic (exact) mass is 227 g/mol. The van der Waals surface area contributed by atoms with E-state index in [2.05, 4.69) is 26.3 Å². The molecule has 0 heterocycles. The fourth-order valence-corrected chi connectivity index (χ4v) is 1.31. The van der Waals surface area contributed by atoms with Crippen molar-refractivity contribution in [3.8, 4) is 0 Å². The van der Waals surface area contributed by atoms with Gasteiger partial charge in [0.25, 0.3) is 0 Å². The summed E-state index contributed by atoms with van der Waals surface area (Å²) in [6.45, 7) is 16.9. The molecule has 0 aromatic carbocycles. The fourth-order valence-electron chi connectivity index (χ4n) is 1.31. The Balaban J connectivity index is 5.46. The van der Waals surface area contributed by atoms with Gasteiger partial charge >= 0.3 is 0 Å². The summed E-state index contributed by atoms with van der Waals surface area (Å²) in [7, 11) is 0. The van der Waals surface area contributed by atoms with Gasteiger partial charge in [-0.2, -0.15) is 0 Å². The SMILES string of the molecule is C=C\C=C(C=C)/C(=C\C=C)C(/N)=C\C(C)C=C. The number of allylic oxidation sites excluding steroid dienone is 8. The predicted molar refractivity (Wildman–Crippen MR) is 78.4 cm³/mol. The van der Waals surface area contributed by atoms with Gasteiger partial charge in [0.2, 0.25) is 0 Å². The molecular weight excluding hydrogens is 206 g/mol. The first-order valence-electron chi connectivity index (χ1n) is 5.49. The Morgan fingerprint density at radius 3 is 2.06 bits per heavy atom. The zero-order chi connectivity index (χ0) is 13.3.